The van der Waals surface area contributed by atoms with Crippen LogP contribution in [0.3, 0.4) is 0 Å². The summed E-state index contributed by atoms with van der Waals surface area (Å²) in [6.45, 7) is 7.44. The molecule has 0 rings (SSSR count). The minimum absolute atomic E-state index is 0.486. The third kappa shape index (κ3) is 9.35. The van der Waals surface area contributed by atoms with Gasteiger partial charge in [0.05, 0.1) is 0 Å². The lowest BCUT2D eigenvalue weighted by atomic mass is 9.96. The van der Waals surface area contributed by atoms with Crippen LogP contribution < -0.4 is 0 Å². The van der Waals surface area contributed by atoms with Crippen LogP contribution >= 0.6 is 0 Å². The van der Waals surface area contributed by atoms with E-state index in [9.17, 15) is 0 Å². The first-order valence-electron chi connectivity index (χ1n) is 6.03. The van der Waals surface area contributed by atoms with E-state index in [1.807, 2.05) is 12.2 Å². The summed E-state index contributed by atoms with van der Waals surface area (Å²) in [7, 11) is 0. The van der Waals surface area contributed by atoms with Crippen LogP contribution in [0, 0.1) is 18.3 Å². The lowest BCUT2D eigenvalue weighted by Crippen LogP contribution is -1.97. The lowest BCUT2D eigenvalue weighted by Gasteiger charge is -2.09. The fourth-order valence-electron chi connectivity index (χ4n) is 1.67. The number of allylic oxidation sites excluding steroid dienone is 2. The Bertz CT molecular complexity index is 179. The molecule has 0 saturated carbocycles. The van der Waals surface area contributed by atoms with Crippen LogP contribution in [0.4, 0.5) is 0 Å². The Hall–Kier alpha value is -0.960. The molecule has 0 fully saturated rings. The number of hydrogen-bond donors (Lipinski definition) is 0. The quantitative estimate of drug-likeness (QED) is 0.274. The highest BCUT2D eigenvalue weighted by Gasteiger charge is 2.03. The Balaban J connectivity index is 3.42. The van der Waals surface area contributed by atoms with Crippen molar-refractivity contribution in [2.75, 3.05) is 0 Å². The maximum atomic E-state index is 5.51. The highest BCUT2D eigenvalue weighted by molar-refractivity contribution is 4.92. The van der Waals surface area contributed by atoms with Gasteiger partial charge in [-0.2, -0.15) is 0 Å². The van der Waals surface area contributed by atoms with Crippen LogP contribution in [0.2, 0.25) is 0 Å². The molecule has 0 amide bonds. The minimum Gasteiger partial charge on any atom is -0.120 e. The van der Waals surface area contributed by atoms with E-state index in [-0.39, 0.29) is 0 Å². The predicted molar refractivity (Wildman–Crippen MR) is 69.7 cm³/mol. The first-order chi connectivity index (χ1) is 7.35. The Kier molecular flexibility index (Phi) is 10.4. The van der Waals surface area contributed by atoms with Crippen LogP contribution in [-0.4, -0.2) is 0 Å². The molecule has 0 heteroatoms. The van der Waals surface area contributed by atoms with Gasteiger partial charge >= 0.3 is 0 Å². The van der Waals surface area contributed by atoms with E-state index in [4.69, 9.17) is 6.42 Å². The van der Waals surface area contributed by atoms with E-state index in [2.05, 4.69) is 19.1 Å². The summed E-state index contributed by atoms with van der Waals surface area (Å²) >= 11 is 0. The SMILES string of the molecule is C#CC(CCCCC=C)CCCCC=C. The molecule has 0 saturated heterocycles. The first kappa shape index (κ1) is 14.0. The molecule has 0 aromatic rings. The smallest absolute Gasteiger partial charge is 0.0200 e. The number of rotatable bonds is 10. The van der Waals surface area contributed by atoms with Gasteiger partial charge < -0.3 is 0 Å². The highest BCUT2D eigenvalue weighted by atomic mass is 14.1. The molecule has 0 aromatic heterocycles. The maximum Gasteiger partial charge on any atom is 0.0200 e. The molecule has 0 radical (unpaired) electrons. The van der Waals surface area contributed by atoms with Gasteiger partial charge in [0.25, 0.3) is 0 Å². The predicted octanol–water partition coefficient (Wildman–Crippen LogP) is 4.73. The molecule has 0 nitrogen and oxygen atoms in total. The van der Waals surface area contributed by atoms with Crippen molar-refractivity contribution in [1.82, 2.24) is 0 Å². The Labute approximate surface area is 95.5 Å². The van der Waals surface area contributed by atoms with Crippen molar-refractivity contribution in [1.29, 1.82) is 0 Å². The molecule has 84 valence electrons. The van der Waals surface area contributed by atoms with Gasteiger partial charge in [0.15, 0.2) is 0 Å². The average Bonchev–Trinajstić information content (AvgIpc) is 2.27. The van der Waals surface area contributed by atoms with Crippen molar-refractivity contribution in [3.05, 3.63) is 25.3 Å². The largest absolute Gasteiger partial charge is 0.120 e. The second-order valence-corrected chi connectivity index (χ2v) is 4.01. The van der Waals surface area contributed by atoms with E-state index in [0.29, 0.717) is 5.92 Å². The van der Waals surface area contributed by atoms with Gasteiger partial charge in [0.1, 0.15) is 0 Å². The van der Waals surface area contributed by atoms with E-state index < -0.39 is 0 Å². The monoisotopic (exact) mass is 204 g/mol. The summed E-state index contributed by atoms with van der Waals surface area (Å²) in [5.41, 5.74) is 0. The van der Waals surface area contributed by atoms with Crippen molar-refractivity contribution >= 4 is 0 Å². The molecule has 0 spiro atoms. The Morgan fingerprint density at radius 2 is 1.40 bits per heavy atom. The molecular formula is C15H24. The zero-order valence-electron chi connectivity index (χ0n) is 9.88. The Morgan fingerprint density at radius 1 is 0.933 bits per heavy atom. The zero-order valence-corrected chi connectivity index (χ0v) is 9.88. The van der Waals surface area contributed by atoms with Gasteiger partial charge in [-0.15, -0.1) is 25.5 Å². The molecule has 0 aromatic carbocycles. The first-order valence-corrected chi connectivity index (χ1v) is 6.03. The molecule has 0 unspecified atom stereocenters. The van der Waals surface area contributed by atoms with Crippen molar-refractivity contribution < 1.29 is 0 Å². The molecular weight excluding hydrogens is 180 g/mol. The topological polar surface area (TPSA) is 0 Å². The molecule has 0 aliphatic rings. The summed E-state index contributed by atoms with van der Waals surface area (Å²) in [5, 5.41) is 0. The van der Waals surface area contributed by atoms with Gasteiger partial charge in [0.2, 0.25) is 0 Å². The van der Waals surface area contributed by atoms with Crippen molar-refractivity contribution in [3.63, 3.8) is 0 Å². The molecule has 0 N–H and O–H groups in total. The lowest BCUT2D eigenvalue weighted by molar-refractivity contribution is 0.501. The maximum absolute atomic E-state index is 5.51. The highest BCUT2D eigenvalue weighted by Crippen LogP contribution is 2.16. The van der Waals surface area contributed by atoms with E-state index in [0.717, 1.165) is 12.8 Å². The minimum atomic E-state index is 0.486. The van der Waals surface area contributed by atoms with Gasteiger partial charge in [-0.3, -0.25) is 0 Å². The number of terminal acetylenes is 1. The number of unbranched alkanes of at least 4 members (excludes halogenated alkanes) is 4. The second kappa shape index (κ2) is 11.1. The summed E-state index contributed by atoms with van der Waals surface area (Å²) in [6.07, 6.45) is 19.0. The van der Waals surface area contributed by atoms with E-state index in [1.54, 1.807) is 0 Å². The average molecular weight is 204 g/mol. The molecule has 0 atom stereocenters. The fraction of sp³-hybridized carbons (Fsp3) is 0.600. The van der Waals surface area contributed by atoms with Crippen LogP contribution in [0.5, 0.6) is 0 Å². The van der Waals surface area contributed by atoms with Crippen LogP contribution in [0.25, 0.3) is 0 Å². The fourth-order valence-corrected chi connectivity index (χ4v) is 1.67. The zero-order chi connectivity index (χ0) is 11.4. The van der Waals surface area contributed by atoms with Crippen LogP contribution in [-0.2, 0) is 0 Å². The molecule has 0 aliphatic carbocycles. The molecule has 0 bridgehead atoms. The van der Waals surface area contributed by atoms with Crippen LogP contribution in [0.1, 0.15) is 51.4 Å². The number of hydrogen-bond acceptors (Lipinski definition) is 0. The summed E-state index contributed by atoms with van der Waals surface area (Å²) < 4.78 is 0. The van der Waals surface area contributed by atoms with Crippen molar-refractivity contribution in [2.45, 2.75) is 51.4 Å². The van der Waals surface area contributed by atoms with E-state index in [1.165, 1.54) is 38.5 Å². The van der Waals surface area contributed by atoms with Crippen molar-refractivity contribution in [2.24, 2.45) is 5.92 Å². The molecule has 15 heavy (non-hydrogen) atoms. The van der Waals surface area contributed by atoms with E-state index >= 15 is 0 Å². The van der Waals surface area contributed by atoms with Gasteiger partial charge in [-0.25, -0.2) is 0 Å². The third-order valence-corrected chi connectivity index (χ3v) is 2.66. The van der Waals surface area contributed by atoms with Gasteiger partial charge in [-0.05, 0) is 38.5 Å². The summed E-state index contributed by atoms with van der Waals surface area (Å²) in [6, 6.07) is 0. The second-order valence-electron chi connectivity index (χ2n) is 4.01. The summed E-state index contributed by atoms with van der Waals surface area (Å²) in [5.74, 6) is 3.39. The third-order valence-electron chi connectivity index (χ3n) is 2.66. The standard InChI is InChI=1S/C15H24/c1-4-7-9-11-13-15(6-3)14-12-10-8-5-2/h3-5,15H,1-2,7-14H2. The normalized spacial score (nSPS) is 9.87. The van der Waals surface area contributed by atoms with Crippen molar-refractivity contribution in [3.8, 4) is 12.3 Å². The molecule has 0 aliphatic heterocycles. The summed E-state index contributed by atoms with van der Waals surface area (Å²) in [4.78, 5) is 0. The molecule has 0 heterocycles. The Morgan fingerprint density at radius 3 is 1.73 bits per heavy atom. The van der Waals surface area contributed by atoms with Gasteiger partial charge in [0, 0.05) is 5.92 Å². The van der Waals surface area contributed by atoms with Crippen LogP contribution in [0.15, 0.2) is 25.3 Å². The van der Waals surface area contributed by atoms with Gasteiger partial charge in [-0.1, -0.05) is 25.0 Å².